The fraction of sp³-hybridized carbons (Fsp3) is 0.500. The van der Waals surface area contributed by atoms with Crippen molar-refractivity contribution < 1.29 is 21.2 Å². The minimum Gasteiger partial charge on any atom is -0.329 e. The number of sulfonamides is 2. The van der Waals surface area contributed by atoms with E-state index in [1.165, 1.54) is 13.8 Å². The van der Waals surface area contributed by atoms with Gasteiger partial charge in [-0.3, -0.25) is 4.72 Å². The lowest BCUT2D eigenvalue weighted by Crippen LogP contribution is -2.37. The molecule has 126 valence electrons. The van der Waals surface area contributed by atoms with Crippen LogP contribution < -0.4 is 15.2 Å². The Morgan fingerprint density at radius 2 is 1.77 bits per heavy atom. The van der Waals surface area contributed by atoms with Crippen LogP contribution in [0.3, 0.4) is 0 Å². The number of nitrogens with two attached hydrogens (primary N) is 1. The van der Waals surface area contributed by atoms with Crippen molar-refractivity contribution in [3.8, 4) is 0 Å². The highest BCUT2D eigenvalue weighted by Crippen LogP contribution is 2.21. The lowest BCUT2D eigenvalue weighted by atomic mass is 10.3. The summed E-state index contributed by atoms with van der Waals surface area (Å²) in [6.07, 6.45) is 0. The van der Waals surface area contributed by atoms with E-state index in [2.05, 4.69) is 9.44 Å². The van der Waals surface area contributed by atoms with E-state index in [4.69, 9.17) is 5.73 Å². The lowest BCUT2D eigenvalue weighted by molar-refractivity contribution is 0.560. The molecule has 0 saturated carbocycles. The quantitative estimate of drug-likeness (QED) is 0.663. The standard InChI is InChI=1S/C12H20FN3O4S2/c1-8(2)21(17,18)16-12-5-4-10(6-11(12)13)22(19,20)15-9(3)7-14/h4-6,8-9,15-16H,7,14H2,1-3H3/t9-/m0/s1. The zero-order valence-electron chi connectivity index (χ0n) is 12.5. The van der Waals surface area contributed by atoms with Gasteiger partial charge in [0.05, 0.1) is 15.8 Å². The van der Waals surface area contributed by atoms with Gasteiger partial charge in [-0.2, -0.15) is 0 Å². The van der Waals surface area contributed by atoms with Crippen LogP contribution in [0.15, 0.2) is 23.1 Å². The fourth-order valence-electron chi connectivity index (χ4n) is 1.40. The summed E-state index contributed by atoms with van der Waals surface area (Å²) in [5.74, 6) is -0.979. The number of nitrogens with one attached hydrogen (secondary N) is 2. The molecule has 1 aromatic carbocycles. The number of hydrogen-bond acceptors (Lipinski definition) is 5. The number of halogens is 1. The lowest BCUT2D eigenvalue weighted by Gasteiger charge is -2.14. The van der Waals surface area contributed by atoms with E-state index in [0.717, 1.165) is 18.2 Å². The highest BCUT2D eigenvalue weighted by Gasteiger charge is 2.21. The maximum absolute atomic E-state index is 13.9. The van der Waals surface area contributed by atoms with Crippen molar-refractivity contribution in [3.63, 3.8) is 0 Å². The summed E-state index contributed by atoms with van der Waals surface area (Å²) in [4.78, 5) is -0.308. The number of hydrogen-bond donors (Lipinski definition) is 3. The first-order chi connectivity index (χ1) is 9.99. The highest BCUT2D eigenvalue weighted by atomic mass is 32.2. The van der Waals surface area contributed by atoms with Crippen LogP contribution in [0, 0.1) is 5.82 Å². The molecule has 0 fully saturated rings. The largest absolute Gasteiger partial charge is 0.329 e. The molecule has 7 nitrogen and oxygen atoms in total. The maximum atomic E-state index is 13.9. The molecule has 4 N–H and O–H groups in total. The van der Waals surface area contributed by atoms with Crippen molar-refractivity contribution in [2.24, 2.45) is 5.73 Å². The van der Waals surface area contributed by atoms with Crippen LogP contribution in [0.25, 0.3) is 0 Å². The molecular formula is C12H20FN3O4S2. The Balaban J connectivity index is 3.10. The molecule has 0 aliphatic heterocycles. The van der Waals surface area contributed by atoms with Crippen molar-refractivity contribution in [2.75, 3.05) is 11.3 Å². The van der Waals surface area contributed by atoms with Crippen molar-refractivity contribution in [3.05, 3.63) is 24.0 Å². The van der Waals surface area contributed by atoms with Gasteiger partial charge in [0.25, 0.3) is 0 Å². The predicted octanol–water partition coefficient (Wildman–Crippen LogP) is 0.601. The third kappa shape index (κ3) is 4.63. The molecule has 0 aromatic heterocycles. The summed E-state index contributed by atoms with van der Waals surface area (Å²) in [6, 6.07) is 2.43. The highest BCUT2D eigenvalue weighted by molar-refractivity contribution is 7.93. The van der Waals surface area contributed by atoms with Gasteiger partial charge in [-0.25, -0.2) is 25.9 Å². The molecule has 0 saturated heterocycles. The van der Waals surface area contributed by atoms with Gasteiger partial charge >= 0.3 is 0 Å². The van der Waals surface area contributed by atoms with Gasteiger partial charge in [0.2, 0.25) is 20.0 Å². The minimum atomic E-state index is -3.92. The molecule has 1 aromatic rings. The van der Waals surface area contributed by atoms with Crippen LogP contribution in [0.5, 0.6) is 0 Å². The molecular weight excluding hydrogens is 333 g/mol. The average Bonchev–Trinajstić information content (AvgIpc) is 2.39. The van der Waals surface area contributed by atoms with Gasteiger partial charge in [-0.1, -0.05) is 0 Å². The molecule has 0 bridgehead atoms. The SMILES string of the molecule is CC(C)S(=O)(=O)Nc1ccc(S(=O)(=O)N[C@@H](C)CN)cc1F. The molecule has 0 aliphatic rings. The molecule has 0 spiro atoms. The summed E-state index contributed by atoms with van der Waals surface area (Å²) in [5.41, 5.74) is 5.03. The summed E-state index contributed by atoms with van der Waals surface area (Å²) in [7, 11) is -7.63. The molecule has 22 heavy (non-hydrogen) atoms. The van der Waals surface area contributed by atoms with E-state index in [1.807, 2.05) is 0 Å². The zero-order chi connectivity index (χ0) is 17.1. The van der Waals surface area contributed by atoms with E-state index in [0.29, 0.717) is 0 Å². The van der Waals surface area contributed by atoms with Gasteiger partial charge in [0.1, 0.15) is 5.82 Å². The van der Waals surface area contributed by atoms with Gasteiger partial charge in [-0.05, 0) is 39.0 Å². The van der Waals surface area contributed by atoms with E-state index in [-0.39, 0.29) is 17.1 Å². The first kappa shape index (κ1) is 18.8. The fourth-order valence-corrected chi connectivity index (χ4v) is 3.37. The third-order valence-electron chi connectivity index (χ3n) is 2.83. The average molecular weight is 353 g/mol. The second kappa shape index (κ2) is 6.90. The summed E-state index contributed by atoms with van der Waals surface area (Å²) in [5, 5.41) is -0.748. The third-order valence-corrected chi connectivity index (χ3v) is 6.17. The molecule has 1 rings (SSSR count). The van der Waals surface area contributed by atoms with Gasteiger partial charge < -0.3 is 5.73 Å². The normalized spacial score (nSPS) is 14.1. The summed E-state index contributed by atoms with van der Waals surface area (Å²) >= 11 is 0. The molecule has 0 radical (unpaired) electrons. The number of benzene rings is 1. The van der Waals surface area contributed by atoms with Crippen LogP contribution in [-0.2, 0) is 20.0 Å². The molecule has 0 aliphatic carbocycles. The van der Waals surface area contributed by atoms with Crippen LogP contribution in [0.2, 0.25) is 0 Å². The molecule has 10 heteroatoms. The molecule has 1 atom stereocenters. The van der Waals surface area contributed by atoms with Crippen molar-refractivity contribution >= 4 is 25.7 Å². The molecule has 0 amide bonds. The maximum Gasteiger partial charge on any atom is 0.240 e. The van der Waals surface area contributed by atoms with Gasteiger partial charge in [-0.15, -0.1) is 0 Å². The molecule has 0 heterocycles. The van der Waals surface area contributed by atoms with E-state index in [9.17, 15) is 21.2 Å². The van der Waals surface area contributed by atoms with Crippen LogP contribution in [0.4, 0.5) is 10.1 Å². The Morgan fingerprint density at radius 3 is 2.23 bits per heavy atom. The van der Waals surface area contributed by atoms with Crippen molar-refractivity contribution in [1.29, 1.82) is 0 Å². The van der Waals surface area contributed by atoms with Gasteiger partial charge in [0, 0.05) is 12.6 Å². The summed E-state index contributed by atoms with van der Waals surface area (Å²) < 4.78 is 65.7. The minimum absolute atomic E-state index is 0.0913. The summed E-state index contributed by atoms with van der Waals surface area (Å²) in [6.45, 7) is 4.54. The first-order valence-corrected chi connectivity index (χ1v) is 9.56. The van der Waals surface area contributed by atoms with E-state index in [1.54, 1.807) is 6.92 Å². The number of anilines is 1. The van der Waals surface area contributed by atoms with Crippen LogP contribution in [0.1, 0.15) is 20.8 Å². The smallest absolute Gasteiger partial charge is 0.240 e. The Kier molecular flexibility index (Phi) is 5.90. The zero-order valence-corrected chi connectivity index (χ0v) is 14.1. The van der Waals surface area contributed by atoms with Crippen LogP contribution in [-0.4, -0.2) is 34.7 Å². The Hall–Kier alpha value is -1.23. The Bertz CT molecular complexity index is 733. The molecule has 0 unspecified atom stereocenters. The Morgan fingerprint density at radius 1 is 1.18 bits per heavy atom. The topological polar surface area (TPSA) is 118 Å². The van der Waals surface area contributed by atoms with Crippen molar-refractivity contribution in [2.45, 2.75) is 37.0 Å². The first-order valence-electron chi connectivity index (χ1n) is 6.53. The predicted molar refractivity (Wildman–Crippen MR) is 82.9 cm³/mol. The van der Waals surface area contributed by atoms with E-state index < -0.39 is 37.2 Å². The monoisotopic (exact) mass is 353 g/mol. The Labute approximate surface area is 130 Å². The second-order valence-corrected chi connectivity index (χ2v) is 9.05. The van der Waals surface area contributed by atoms with Crippen LogP contribution >= 0.6 is 0 Å². The second-order valence-electron chi connectivity index (χ2n) is 5.10. The van der Waals surface area contributed by atoms with Crippen molar-refractivity contribution in [1.82, 2.24) is 4.72 Å². The van der Waals surface area contributed by atoms with Gasteiger partial charge in [0.15, 0.2) is 0 Å². The number of rotatable bonds is 7. The van der Waals surface area contributed by atoms with E-state index >= 15 is 0 Å².